The van der Waals surface area contributed by atoms with E-state index in [0.717, 1.165) is 60.2 Å². The number of hydrogen-bond acceptors (Lipinski definition) is 7. The van der Waals surface area contributed by atoms with Gasteiger partial charge in [0.25, 0.3) is 0 Å². The van der Waals surface area contributed by atoms with Crippen LogP contribution in [0.25, 0.3) is 17.0 Å². The van der Waals surface area contributed by atoms with Crippen molar-refractivity contribution in [1.29, 1.82) is 0 Å². The summed E-state index contributed by atoms with van der Waals surface area (Å²) in [5.74, 6) is 1.86. The highest BCUT2D eigenvalue weighted by Gasteiger charge is 2.22. The second-order valence-corrected chi connectivity index (χ2v) is 9.08. The highest BCUT2D eigenvalue weighted by atomic mass is 32.1. The van der Waals surface area contributed by atoms with Crippen molar-refractivity contribution in [3.63, 3.8) is 0 Å². The molecule has 33 heavy (non-hydrogen) atoms. The van der Waals surface area contributed by atoms with Crippen molar-refractivity contribution in [2.45, 2.75) is 32.1 Å². The van der Waals surface area contributed by atoms with E-state index < -0.39 is 0 Å². The van der Waals surface area contributed by atoms with Crippen LogP contribution in [0.4, 0.5) is 21.0 Å². The SMILES string of the molecule is CCc1nc2ccc(C3CCNCC3)cn2c1N(C)c1nc(-c2ccc(F)cc2NC)ns1. The van der Waals surface area contributed by atoms with Crippen molar-refractivity contribution in [3.05, 3.63) is 53.6 Å². The minimum absolute atomic E-state index is 0.293. The number of anilines is 3. The maximum Gasteiger partial charge on any atom is 0.210 e. The fraction of sp³-hybridized carbons (Fsp3) is 0.375. The average molecular weight is 466 g/mol. The zero-order valence-electron chi connectivity index (χ0n) is 19.1. The number of aromatic nitrogens is 4. The highest BCUT2D eigenvalue weighted by molar-refractivity contribution is 7.10. The van der Waals surface area contributed by atoms with Gasteiger partial charge in [0.15, 0.2) is 5.82 Å². The number of imidazole rings is 1. The molecule has 0 aliphatic carbocycles. The Morgan fingerprint density at radius 3 is 2.79 bits per heavy atom. The number of aryl methyl sites for hydroxylation is 1. The molecule has 2 N–H and O–H groups in total. The molecule has 0 saturated carbocycles. The molecule has 1 aliphatic heterocycles. The molecule has 4 heterocycles. The molecule has 0 spiro atoms. The van der Waals surface area contributed by atoms with Gasteiger partial charge in [-0.3, -0.25) is 4.40 Å². The number of pyridine rings is 1. The van der Waals surface area contributed by atoms with Crippen molar-refractivity contribution in [2.75, 3.05) is 37.4 Å². The summed E-state index contributed by atoms with van der Waals surface area (Å²) in [6, 6.07) is 8.95. The van der Waals surface area contributed by atoms with E-state index in [1.807, 2.05) is 7.05 Å². The van der Waals surface area contributed by atoms with Crippen LogP contribution in [0, 0.1) is 5.82 Å². The molecular formula is C24H28FN7S. The number of nitrogens with zero attached hydrogens (tertiary/aromatic N) is 5. The first kappa shape index (κ1) is 21.8. The normalized spacial score (nSPS) is 14.7. The maximum atomic E-state index is 13.7. The van der Waals surface area contributed by atoms with Gasteiger partial charge in [-0.15, -0.1) is 0 Å². The Labute approximate surface area is 196 Å². The number of piperidine rings is 1. The zero-order chi connectivity index (χ0) is 22.9. The molecule has 3 aromatic heterocycles. The lowest BCUT2D eigenvalue weighted by molar-refractivity contribution is 0.459. The molecule has 0 unspecified atom stereocenters. The third-order valence-electron chi connectivity index (χ3n) is 6.34. The first-order valence-corrected chi connectivity index (χ1v) is 12.1. The van der Waals surface area contributed by atoms with Gasteiger partial charge in [0, 0.05) is 43.1 Å². The van der Waals surface area contributed by atoms with Crippen molar-refractivity contribution < 1.29 is 4.39 Å². The third-order valence-corrected chi connectivity index (χ3v) is 7.14. The first-order valence-electron chi connectivity index (χ1n) is 11.4. The summed E-state index contributed by atoms with van der Waals surface area (Å²) in [6.45, 7) is 4.24. The molecule has 0 atom stereocenters. The summed E-state index contributed by atoms with van der Waals surface area (Å²) in [4.78, 5) is 11.7. The van der Waals surface area contributed by atoms with Crippen molar-refractivity contribution in [1.82, 2.24) is 24.1 Å². The number of fused-ring (bicyclic) bond motifs is 1. The zero-order valence-corrected chi connectivity index (χ0v) is 19.9. The number of halogens is 1. The molecule has 9 heteroatoms. The van der Waals surface area contributed by atoms with Crippen LogP contribution in [0.2, 0.25) is 0 Å². The van der Waals surface area contributed by atoms with Gasteiger partial charge in [0.1, 0.15) is 17.3 Å². The molecule has 1 fully saturated rings. The topological polar surface area (TPSA) is 70.4 Å². The van der Waals surface area contributed by atoms with Gasteiger partial charge in [-0.2, -0.15) is 9.36 Å². The Bertz CT molecular complexity index is 1280. The summed E-state index contributed by atoms with van der Waals surface area (Å²) in [5, 5.41) is 7.24. The van der Waals surface area contributed by atoms with Gasteiger partial charge < -0.3 is 15.5 Å². The van der Waals surface area contributed by atoms with Crippen LogP contribution < -0.4 is 15.5 Å². The van der Waals surface area contributed by atoms with Crippen molar-refractivity contribution >= 4 is 33.8 Å². The lowest BCUT2D eigenvalue weighted by atomic mass is 9.91. The summed E-state index contributed by atoms with van der Waals surface area (Å²) >= 11 is 1.33. The van der Waals surface area contributed by atoms with E-state index >= 15 is 0 Å². The van der Waals surface area contributed by atoms with Crippen LogP contribution in [0.5, 0.6) is 0 Å². The molecule has 172 valence electrons. The summed E-state index contributed by atoms with van der Waals surface area (Å²) in [6.07, 6.45) is 5.36. The number of hydrogen-bond donors (Lipinski definition) is 2. The Morgan fingerprint density at radius 2 is 2.03 bits per heavy atom. The van der Waals surface area contributed by atoms with Crippen LogP contribution in [0.3, 0.4) is 0 Å². The van der Waals surface area contributed by atoms with E-state index in [-0.39, 0.29) is 5.82 Å². The smallest absolute Gasteiger partial charge is 0.210 e. The molecular weight excluding hydrogens is 437 g/mol. The van der Waals surface area contributed by atoms with E-state index in [2.05, 4.69) is 49.6 Å². The average Bonchev–Trinajstić information content (AvgIpc) is 3.48. The van der Waals surface area contributed by atoms with Gasteiger partial charge in [-0.1, -0.05) is 13.0 Å². The minimum atomic E-state index is -0.293. The summed E-state index contributed by atoms with van der Waals surface area (Å²) in [5.41, 5.74) is 4.75. The molecule has 0 radical (unpaired) electrons. The fourth-order valence-corrected chi connectivity index (χ4v) is 5.20. The molecule has 0 bridgehead atoms. The van der Waals surface area contributed by atoms with Gasteiger partial charge in [-0.05, 0) is 68.1 Å². The van der Waals surface area contributed by atoms with E-state index in [4.69, 9.17) is 9.97 Å². The van der Waals surface area contributed by atoms with E-state index in [1.54, 1.807) is 13.1 Å². The maximum absolute atomic E-state index is 13.7. The number of rotatable bonds is 6. The predicted molar refractivity (Wildman–Crippen MR) is 132 cm³/mol. The lowest BCUT2D eigenvalue weighted by Gasteiger charge is -2.23. The summed E-state index contributed by atoms with van der Waals surface area (Å²) < 4.78 is 20.4. The summed E-state index contributed by atoms with van der Waals surface area (Å²) in [7, 11) is 3.78. The minimum Gasteiger partial charge on any atom is -0.387 e. The molecule has 1 aromatic carbocycles. The van der Waals surface area contributed by atoms with Gasteiger partial charge in [0.2, 0.25) is 5.13 Å². The van der Waals surface area contributed by atoms with Crippen LogP contribution in [0.15, 0.2) is 36.5 Å². The molecule has 4 aromatic rings. The van der Waals surface area contributed by atoms with Crippen LogP contribution in [0.1, 0.15) is 36.9 Å². The Hall–Kier alpha value is -3.04. The fourth-order valence-electron chi connectivity index (χ4n) is 4.56. The van der Waals surface area contributed by atoms with Crippen LogP contribution >= 0.6 is 11.5 Å². The number of nitrogens with one attached hydrogen (secondary N) is 2. The van der Waals surface area contributed by atoms with Crippen LogP contribution in [-0.2, 0) is 6.42 Å². The third kappa shape index (κ3) is 4.06. The number of benzene rings is 1. The highest BCUT2D eigenvalue weighted by Crippen LogP contribution is 2.35. The monoisotopic (exact) mass is 465 g/mol. The van der Waals surface area contributed by atoms with Crippen LogP contribution in [-0.4, -0.2) is 45.9 Å². The Balaban J connectivity index is 1.53. The molecule has 5 rings (SSSR count). The quantitative estimate of drug-likeness (QED) is 0.425. The van der Waals surface area contributed by atoms with Crippen molar-refractivity contribution in [2.24, 2.45) is 0 Å². The molecule has 7 nitrogen and oxygen atoms in total. The van der Waals surface area contributed by atoms with Crippen molar-refractivity contribution in [3.8, 4) is 11.4 Å². The second-order valence-electron chi connectivity index (χ2n) is 8.35. The molecule has 0 amide bonds. The van der Waals surface area contributed by atoms with Gasteiger partial charge in [-0.25, -0.2) is 9.37 Å². The standard InChI is InChI=1S/C24H28FN7S/c1-4-19-23(32-14-16(5-8-21(32)28-19)15-9-11-27-12-10-15)31(3)24-29-22(30-33-24)18-7-6-17(25)13-20(18)26-2/h5-8,13-15,26-27H,4,9-12H2,1-3H3. The second kappa shape index (κ2) is 9.07. The van der Waals surface area contributed by atoms with Gasteiger partial charge in [0.05, 0.1) is 5.69 Å². The Morgan fingerprint density at radius 1 is 1.21 bits per heavy atom. The Kier molecular flexibility index (Phi) is 5.99. The molecule has 1 saturated heterocycles. The largest absolute Gasteiger partial charge is 0.387 e. The predicted octanol–water partition coefficient (Wildman–Crippen LogP) is 4.83. The first-order chi connectivity index (χ1) is 16.1. The lowest BCUT2D eigenvalue weighted by Crippen LogP contribution is -2.26. The van der Waals surface area contributed by atoms with E-state index in [1.165, 1.54) is 29.2 Å². The van der Waals surface area contributed by atoms with E-state index in [0.29, 0.717) is 17.4 Å². The van der Waals surface area contributed by atoms with Gasteiger partial charge >= 0.3 is 0 Å². The molecule has 1 aliphatic rings. The van der Waals surface area contributed by atoms with E-state index in [9.17, 15) is 4.39 Å².